The molecule has 0 radical (unpaired) electrons. The van der Waals surface area contributed by atoms with E-state index in [0.29, 0.717) is 22.2 Å². The van der Waals surface area contributed by atoms with Crippen molar-refractivity contribution in [2.45, 2.75) is 45.1 Å². The molecule has 8 nitrogen and oxygen atoms in total. The van der Waals surface area contributed by atoms with Crippen molar-refractivity contribution in [3.63, 3.8) is 0 Å². The number of rotatable bonds is 4. The molecule has 2 aliphatic rings. The lowest BCUT2D eigenvalue weighted by molar-refractivity contribution is -0.117. The van der Waals surface area contributed by atoms with Crippen LogP contribution in [0.25, 0.3) is 11.1 Å². The van der Waals surface area contributed by atoms with E-state index in [4.69, 9.17) is 4.42 Å². The van der Waals surface area contributed by atoms with Gasteiger partial charge in [-0.1, -0.05) is 12.8 Å². The van der Waals surface area contributed by atoms with Crippen molar-refractivity contribution in [3.05, 3.63) is 47.1 Å². The van der Waals surface area contributed by atoms with Gasteiger partial charge in [0.1, 0.15) is 17.9 Å². The van der Waals surface area contributed by atoms with Gasteiger partial charge in [0.05, 0.1) is 0 Å². The number of piperidine rings is 1. The minimum absolute atomic E-state index is 0.136. The van der Waals surface area contributed by atoms with Crippen molar-refractivity contribution in [3.8, 4) is 0 Å². The number of carbonyl (C=O) groups excluding carboxylic acids is 1. The number of nitrogens with zero attached hydrogens (tertiary/aromatic N) is 4. The van der Waals surface area contributed by atoms with Gasteiger partial charge in [-0.3, -0.25) is 9.59 Å². The summed E-state index contributed by atoms with van der Waals surface area (Å²) in [5.74, 6) is 0.466. The van der Waals surface area contributed by atoms with Gasteiger partial charge in [-0.15, -0.1) is 0 Å². The molecule has 3 aromatic rings. The lowest BCUT2D eigenvalue weighted by Crippen LogP contribution is -2.43. The third-order valence-electron chi connectivity index (χ3n) is 6.41. The Bertz CT molecular complexity index is 1130. The Labute approximate surface area is 173 Å². The van der Waals surface area contributed by atoms with Crippen LogP contribution >= 0.6 is 0 Å². The van der Waals surface area contributed by atoms with E-state index >= 15 is 0 Å². The fourth-order valence-corrected chi connectivity index (χ4v) is 4.93. The van der Waals surface area contributed by atoms with Crippen LogP contribution in [0.15, 0.2) is 45.9 Å². The van der Waals surface area contributed by atoms with Gasteiger partial charge in [0, 0.05) is 24.8 Å². The van der Waals surface area contributed by atoms with Gasteiger partial charge in [0.2, 0.25) is 5.91 Å². The highest BCUT2D eigenvalue weighted by Gasteiger charge is 2.38. The number of oxazole rings is 1. The van der Waals surface area contributed by atoms with Crippen molar-refractivity contribution in [1.82, 2.24) is 14.8 Å². The normalized spacial score (nSPS) is 18.2. The molecule has 1 aliphatic carbocycles. The molecule has 0 bridgehead atoms. The van der Waals surface area contributed by atoms with Crippen LogP contribution in [0.1, 0.15) is 38.5 Å². The maximum atomic E-state index is 12.5. The van der Waals surface area contributed by atoms with E-state index < -0.39 is 0 Å². The van der Waals surface area contributed by atoms with Crippen LogP contribution < -0.4 is 15.8 Å². The maximum Gasteiger partial charge on any atom is 0.267 e. The molecule has 0 unspecified atom stereocenters. The van der Waals surface area contributed by atoms with Crippen molar-refractivity contribution in [2.75, 3.05) is 23.3 Å². The molecule has 2 fully saturated rings. The number of hydrogen-bond donors (Lipinski definition) is 1. The summed E-state index contributed by atoms with van der Waals surface area (Å²) in [5, 5.41) is 7.32. The molecule has 1 aromatic carbocycles. The highest BCUT2D eigenvalue weighted by molar-refractivity contribution is 5.92. The van der Waals surface area contributed by atoms with Gasteiger partial charge in [0.25, 0.3) is 5.56 Å². The molecule has 3 heterocycles. The van der Waals surface area contributed by atoms with E-state index in [1.165, 1.54) is 49.2 Å². The predicted octanol–water partition coefficient (Wildman–Crippen LogP) is 3.18. The molecule has 1 N–H and O–H groups in total. The lowest BCUT2D eigenvalue weighted by Gasteiger charge is -2.41. The summed E-state index contributed by atoms with van der Waals surface area (Å²) >= 11 is 0. The van der Waals surface area contributed by atoms with Gasteiger partial charge < -0.3 is 14.6 Å². The summed E-state index contributed by atoms with van der Waals surface area (Å²) in [6.45, 7) is 1.79. The number of hydrogen-bond acceptors (Lipinski definition) is 6. The first-order valence-electron chi connectivity index (χ1n) is 10.6. The Morgan fingerprint density at radius 2 is 1.97 bits per heavy atom. The van der Waals surface area contributed by atoms with E-state index in [0.717, 1.165) is 25.3 Å². The average molecular weight is 407 g/mol. The topological polar surface area (TPSA) is 93.3 Å². The quantitative estimate of drug-likeness (QED) is 0.714. The summed E-state index contributed by atoms with van der Waals surface area (Å²) in [7, 11) is 0. The standard InChI is InChI=1S/C22H25N5O3/c28-20(24-16-4-5-18-17(12-16)23-15-30-18)13-27-21(29)7-6-19(25-27)26-11-3-10-22(14-26)8-1-2-9-22/h4-7,12,15H,1-3,8-11,13-14H2,(H,24,28). The number of aromatic nitrogens is 3. The Hall–Kier alpha value is -3.16. The molecule has 1 saturated carbocycles. The summed E-state index contributed by atoms with van der Waals surface area (Å²) in [4.78, 5) is 31.2. The zero-order valence-corrected chi connectivity index (χ0v) is 16.8. The molecule has 8 heteroatoms. The van der Waals surface area contributed by atoms with Crippen molar-refractivity contribution in [2.24, 2.45) is 5.41 Å². The SMILES string of the molecule is O=C(Cn1nc(N2CCCC3(CCCC3)C2)ccc1=O)Nc1ccc2ocnc2c1. The third kappa shape index (κ3) is 3.69. The highest BCUT2D eigenvalue weighted by atomic mass is 16.3. The Morgan fingerprint density at radius 3 is 2.83 bits per heavy atom. The predicted molar refractivity (Wildman–Crippen MR) is 113 cm³/mol. The zero-order valence-electron chi connectivity index (χ0n) is 16.8. The van der Waals surface area contributed by atoms with Crippen molar-refractivity contribution >= 4 is 28.5 Å². The van der Waals surface area contributed by atoms with Crippen LogP contribution in [0.5, 0.6) is 0 Å². The van der Waals surface area contributed by atoms with Crippen LogP contribution in [0.3, 0.4) is 0 Å². The maximum absolute atomic E-state index is 12.5. The zero-order chi connectivity index (χ0) is 20.6. The summed E-state index contributed by atoms with van der Waals surface area (Å²) in [6, 6.07) is 8.51. The van der Waals surface area contributed by atoms with Gasteiger partial charge in [-0.2, -0.15) is 5.10 Å². The minimum atomic E-state index is -0.310. The highest BCUT2D eigenvalue weighted by Crippen LogP contribution is 2.45. The monoisotopic (exact) mass is 407 g/mol. The molecule has 1 spiro atoms. The van der Waals surface area contributed by atoms with Crippen LogP contribution in [0.4, 0.5) is 11.5 Å². The summed E-state index contributed by atoms with van der Waals surface area (Å²) in [5.41, 5.74) is 2.03. The second kappa shape index (κ2) is 7.59. The average Bonchev–Trinajstić information content (AvgIpc) is 3.39. The molecule has 2 aromatic heterocycles. The van der Waals surface area contributed by atoms with Gasteiger partial charge >= 0.3 is 0 Å². The number of anilines is 2. The van der Waals surface area contributed by atoms with Crippen LogP contribution in [0.2, 0.25) is 0 Å². The molecule has 1 saturated heterocycles. The first-order chi connectivity index (χ1) is 14.6. The second-order valence-electron chi connectivity index (χ2n) is 8.50. The number of nitrogens with one attached hydrogen (secondary N) is 1. The van der Waals surface area contributed by atoms with E-state index in [9.17, 15) is 9.59 Å². The van der Waals surface area contributed by atoms with Crippen LogP contribution in [-0.4, -0.2) is 33.8 Å². The number of fused-ring (bicyclic) bond motifs is 1. The van der Waals surface area contributed by atoms with Gasteiger partial charge in [-0.05, 0) is 55.4 Å². The molecular weight excluding hydrogens is 382 g/mol. The molecule has 5 rings (SSSR count). The van der Waals surface area contributed by atoms with E-state index in [1.54, 1.807) is 24.3 Å². The largest absolute Gasteiger partial charge is 0.443 e. The first-order valence-corrected chi connectivity index (χ1v) is 10.6. The summed E-state index contributed by atoms with van der Waals surface area (Å²) < 4.78 is 6.46. The Kier molecular flexibility index (Phi) is 4.77. The lowest BCUT2D eigenvalue weighted by atomic mass is 9.78. The van der Waals surface area contributed by atoms with Crippen LogP contribution in [-0.2, 0) is 11.3 Å². The number of benzene rings is 1. The molecule has 1 aliphatic heterocycles. The second-order valence-corrected chi connectivity index (χ2v) is 8.50. The fraction of sp³-hybridized carbons (Fsp3) is 0.455. The smallest absolute Gasteiger partial charge is 0.267 e. The first kappa shape index (κ1) is 18.8. The molecule has 156 valence electrons. The van der Waals surface area contributed by atoms with Gasteiger partial charge in [0.15, 0.2) is 12.0 Å². The molecule has 0 atom stereocenters. The third-order valence-corrected chi connectivity index (χ3v) is 6.41. The molecule has 30 heavy (non-hydrogen) atoms. The van der Waals surface area contributed by atoms with Gasteiger partial charge in [-0.25, -0.2) is 9.67 Å². The molecule has 1 amide bonds. The number of amides is 1. The fourth-order valence-electron chi connectivity index (χ4n) is 4.93. The number of carbonyl (C=O) groups is 1. The van der Waals surface area contributed by atoms with E-state index in [1.807, 2.05) is 0 Å². The Morgan fingerprint density at radius 1 is 1.13 bits per heavy atom. The van der Waals surface area contributed by atoms with Crippen molar-refractivity contribution < 1.29 is 9.21 Å². The van der Waals surface area contributed by atoms with Crippen molar-refractivity contribution in [1.29, 1.82) is 0 Å². The summed E-state index contributed by atoms with van der Waals surface area (Å²) in [6.07, 6.45) is 8.96. The van der Waals surface area contributed by atoms with E-state index in [2.05, 4.69) is 20.3 Å². The van der Waals surface area contributed by atoms with E-state index in [-0.39, 0.29) is 18.0 Å². The molecular formula is C22H25N5O3. The van der Waals surface area contributed by atoms with Crippen LogP contribution in [0, 0.1) is 5.41 Å². The Balaban J connectivity index is 1.30. The minimum Gasteiger partial charge on any atom is -0.443 e.